The smallest absolute Gasteiger partial charge is 0.226 e. The molecule has 0 bridgehead atoms. The highest BCUT2D eigenvalue weighted by molar-refractivity contribution is 6.32. The van der Waals surface area contributed by atoms with Gasteiger partial charge in [0, 0.05) is 11.3 Å². The molecule has 29 heavy (non-hydrogen) atoms. The minimum Gasteiger partial charge on any atom is -0.493 e. The van der Waals surface area contributed by atoms with Crippen molar-refractivity contribution < 1.29 is 14.2 Å². The summed E-state index contributed by atoms with van der Waals surface area (Å²) in [5.41, 5.74) is 2.69. The van der Waals surface area contributed by atoms with Gasteiger partial charge in [-0.15, -0.1) is 0 Å². The molecule has 1 N–H and O–H groups in total. The Morgan fingerprint density at radius 1 is 1.14 bits per heavy atom. The molecule has 1 aliphatic rings. The van der Waals surface area contributed by atoms with Crippen LogP contribution in [0.15, 0.2) is 48.8 Å². The fourth-order valence-electron chi connectivity index (χ4n) is 3.41. The van der Waals surface area contributed by atoms with Crippen molar-refractivity contribution in [3.63, 3.8) is 0 Å². The van der Waals surface area contributed by atoms with E-state index in [2.05, 4.69) is 21.5 Å². The number of methoxy groups -OCH3 is 2. The fourth-order valence-corrected chi connectivity index (χ4v) is 3.64. The molecule has 0 aliphatic carbocycles. The van der Waals surface area contributed by atoms with E-state index in [0.717, 1.165) is 16.8 Å². The van der Waals surface area contributed by atoms with Gasteiger partial charge in [-0.1, -0.05) is 23.7 Å². The van der Waals surface area contributed by atoms with Crippen LogP contribution in [0.1, 0.15) is 24.1 Å². The average molecular weight is 413 g/mol. The molecule has 2 heterocycles. The first kappa shape index (κ1) is 19.1. The van der Waals surface area contributed by atoms with Crippen LogP contribution in [0.3, 0.4) is 0 Å². The molecule has 0 saturated carbocycles. The predicted octanol–water partition coefficient (Wildman–Crippen LogP) is 4.40. The number of para-hydroxylation sites is 1. The molecule has 2 aromatic carbocycles. The second-order valence-corrected chi connectivity index (χ2v) is 6.75. The van der Waals surface area contributed by atoms with Gasteiger partial charge in [0.1, 0.15) is 18.1 Å². The van der Waals surface area contributed by atoms with Crippen molar-refractivity contribution in [2.45, 2.75) is 13.0 Å². The highest BCUT2D eigenvalue weighted by Gasteiger charge is 2.27. The first-order valence-electron chi connectivity index (χ1n) is 9.18. The molecule has 1 atom stereocenters. The molecule has 3 aromatic rings. The lowest BCUT2D eigenvalue weighted by molar-refractivity contribution is 0.340. The van der Waals surface area contributed by atoms with Crippen LogP contribution in [0.2, 0.25) is 5.02 Å². The lowest BCUT2D eigenvalue weighted by Crippen LogP contribution is -2.20. The molecule has 0 saturated heterocycles. The zero-order valence-electron chi connectivity index (χ0n) is 16.3. The van der Waals surface area contributed by atoms with Crippen LogP contribution >= 0.6 is 11.6 Å². The zero-order valence-corrected chi connectivity index (χ0v) is 17.1. The molecule has 8 heteroatoms. The van der Waals surface area contributed by atoms with Gasteiger partial charge < -0.3 is 19.5 Å². The van der Waals surface area contributed by atoms with Crippen molar-refractivity contribution in [1.82, 2.24) is 14.8 Å². The highest BCUT2D eigenvalue weighted by Crippen LogP contribution is 2.40. The molecule has 0 unspecified atom stereocenters. The molecule has 0 fully saturated rings. The summed E-state index contributed by atoms with van der Waals surface area (Å²) in [4.78, 5) is 4.35. The van der Waals surface area contributed by atoms with E-state index >= 15 is 0 Å². The monoisotopic (exact) mass is 412 g/mol. The van der Waals surface area contributed by atoms with Crippen molar-refractivity contribution in [1.29, 1.82) is 0 Å². The summed E-state index contributed by atoms with van der Waals surface area (Å²) in [5.74, 6) is 2.60. The van der Waals surface area contributed by atoms with E-state index in [1.54, 1.807) is 18.9 Å². The quantitative estimate of drug-likeness (QED) is 0.647. The van der Waals surface area contributed by atoms with E-state index in [4.69, 9.17) is 25.8 Å². The van der Waals surface area contributed by atoms with E-state index in [1.807, 2.05) is 43.3 Å². The number of fused-ring (bicyclic) bond motifs is 1. The number of ether oxygens (including phenoxy) is 3. The Bertz CT molecular complexity index is 1060. The van der Waals surface area contributed by atoms with Crippen LogP contribution in [0, 0.1) is 0 Å². The minimum absolute atomic E-state index is 0.237. The third-order valence-corrected chi connectivity index (χ3v) is 5.00. The number of hydrogen-bond donors (Lipinski definition) is 1. The zero-order chi connectivity index (χ0) is 20.4. The summed E-state index contributed by atoms with van der Waals surface area (Å²) < 4.78 is 18.4. The van der Waals surface area contributed by atoms with Crippen molar-refractivity contribution in [2.75, 3.05) is 26.1 Å². The van der Waals surface area contributed by atoms with Crippen molar-refractivity contribution in [2.24, 2.45) is 0 Å². The van der Waals surface area contributed by atoms with Crippen LogP contribution in [0.25, 0.3) is 5.70 Å². The van der Waals surface area contributed by atoms with Gasteiger partial charge in [-0.25, -0.2) is 4.68 Å². The first-order chi connectivity index (χ1) is 14.2. The third kappa shape index (κ3) is 3.49. The fraction of sp³-hybridized carbons (Fsp3) is 0.238. The number of nitrogens with one attached hydrogen (secondary N) is 1. The Hall–Kier alpha value is -3.19. The van der Waals surface area contributed by atoms with Crippen molar-refractivity contribution in [3.8, 4) is 17.2 Å². The second-order valence-electron chi connectivity index (χ2n) is 6.34. The van der Waals surface area contributed by atoms with Gasteiger partial charge in [0.2, 0.25) is 5.95 Å². The Balaban J connectivity index is 1.81. The Kier molecular flexibility index (Phi) is 5.31. The van der Waals surface area contributed by atoms with E-state index in [9.17, 15) is 0 Å². The van der Waals surface area contributed by atoms with Crippen molar-refractivity contribution >= 4 is 23.2 Å². The standard InChI is InChI=1S/C21H21ClN4O3/c1-4-29-18-9-8-13(10-15(18)22)16-11-17(26-21(25-16)23-12-24-26)14-6-5-7-19(27-2)20(14)28-3/h5-12,17H,4H2,1-3H3,(H,23,24,25)/t17-/m0/s1. The largest absolute Gasteiger partial charge is 0.493 e. The first-order valence-corrected chi connectivity index (χ1v) is 9.56. The number of halogens is 1. The van der Waals surface area contributed by atoms with E-state index in [-0.39, 0.29) is 6.04 Å². The number of rotatable bonds is 6. The topological polar surface area (TPSA) is 70.4 Å². The molecule has 0 spiro atoms. The summed E-state index contributed by atoms with van der Waals surface area (Å²) in [6.07, 6.45) is 3.58. The summed E-state index contributed by atoms with van der Waals surface area (Å²) in [6, 6.07) is 11.2. The minimum atomic E-state index is -0.237. The van der Waals surface area contributed by atoms with Gasteiger partial charge in [-0.05, 0) is 42.8 Å². The van der Waals surface area contributed by atoms with Gasteiger partial charge >= 0.3 is 0 Å². The molecular weight excluding hydrogens is 392 g/mol. The molecule has 4 rings (SSSR count). The van der Waals surface area contributed by atoms with Gasteiger partial charge in [0.25, 0.3) is 0 Å². The number of allylic oxidation sites excluding steroid dienone is 1. The summed E-state index contributed by atoms with van der Waals surface area (Å²) in [7, 11) is 3.25. The number of hydrogen-bond acceptors (Lipinski definition) is 6. The number of anilines is 1. The molecule has 150 valence electrons. The summed E-state index contributed by atoms with van der Waals surface area (Å²) in [6.45, 7) is 2.48. The number of benzene rings is 2. The Morgan fingerprint density at radius 3 is 2.72 bits per heavy atom. The van der Waals surface area contributed by atoms with Crippen LogP contribution in [0.4, 0.5) is 5.95 Å². The van der Waals surface area contributed by atoms with Gasteiger partial charge in [-0.3, -0.25) is 0 Å². The predicted molar refractivity (Wildman–Crippen MR) is 112 cm³/mol. The maximum absolute atomic E-state index is 6.40. The second kappa shape index (κ2) is 8.05. The molecule has 0 amide bonds. The van der Waals surface area contributed by atoms with Gasteiger partial charge in [0.15, 0.2) is 11.5 Å². The number of nitrogens with zero attached hydrogens (tertiary/aromatic N) is 3. The molecule has 0 radical (unpaired) electrons. The van der Waals surface area contributed by atoms with E-state index in [1.165, 1.54) is 6.33 Å². The maximum atomic E-state index is 6.40. The van der Waals surface area contributed by atoms with Crippen LogP contribution in [-0.2, 0) is 0 Å². The van der Waals surface area contributed by atoms with Gasteiger partial charge in [-0.2, -0.15) is 10.1 Å². The number of aromatic nitrogens is 3. The van der Waals surface area contributed by atoms with Crippen molar-refractivity contribution in [3.05, 3.63) is 65.0 Å². The lowest BCUT2D eigenvalue weighted by atomic mass is 10.0. The third-order valence-electron chi connectivity index (χ3n) is 4.70. The Labute approximate surface area is 173 Å². The average Bonchev–Trinajstić information content (AvgIpc) is 3.22. The molecule has 1 aromatic heterocycles. The van der Waals surface area contributed by atoms with Crippen LogP contribution in [-0.4, -0.2) is 35.6 Å². The van der Waals surface area contributed by atoms with Gasteiger partial charge in [0.05, 0.1) is 25.8 Å². The molecule has 1 aliphatic heterocycles. The lowest BCUT2D eigenvalue weighted by Gasteiger charge is -2.26. The Morgan fingerprint density at radius 2 is 2.00 bits per heavy atom. The summed E-state index contributed by atoms with van der Waals surface area (Å²) in [5, 5.41) is 8.25. The SMILES string of the molecule is CCOc1ccc(C2=C[C@@H](c3cccc(OC)c3OC)n3ncnc3N2)cc1Cl. The normalized spacial score (nSPS) is 15.2. The van der Waals surface area contributed by atoms with Crippen LogP contribution in [0.5, 0.6) is 17.2 Å². The highest BCUT2D eigenvalue weighted by atomic mass is 35.5. The molecule has 7 nitrogen and oxygen atoms in total. The maximum Gasteiger partial charge on any atom is 0.226 e. The van der Waals surface area contributed by atoms with Crippen LogP contribution < -0.4 is 19.5 Å². The summed E-state index contributed by atoms with van der Waals surface area (Å²) >= 11 is 6.40. The molecular formula is C21H21ClN4O3. The van der Waals surface area contributed by atoms with E-state index in [0.29, 0.717) is 34.8 Å². The van der Waals surface area contributed by atoms with E-state index < -0.39 is 0 Å².